The Hall–Kier alpha value is -2.29. The van der Waals surface area contributed by atoms with Crippen LogP contribution in [0.5, 0.6) is 0 Å². The summed E-state index contributed by atoms with van der Waals surface area (Å²) < 4.78 is 29.8. The van der Waals surface area contributed by atoms with Crippen LogP contribution in [0.3, 0.4) is 0 Å². The Morgan fingerprint density at radius 3 is 2.11 bits per heavy atom. The molecule has 0 aliphatic carbocycles. The van der Waals surface area contributed by atoms with Crippen LogP contribution in [0.15, 0.2) is 60.7 Å². The quantitative estimate of drug-likeness (QED) is 0.244. The molecule has 0 radical (unpaired) electrons. The number of benzene rings is 2. The van der Waals surface area contributed by atoms with Crippen LogP contribution in [-0.4, -0.2) is 55.0 Å². The van der Waals surface area contributed by atoms with Crippen LogP contribution in [0.25, 0.3) is 0 Å². The topological polar surface area (TPSA) is 83.5 Å². The molecule has 3 rings (SSSR count). The van der Waals surface area contributed by atoms with Gasteiger partial charge in [-0.15, -0.1) is 0 Å². The fourth-order valence-electron chi connectivity index (χ4n) is 4.39. The number of aliphatic hydroxyl groups excluding tert-OH is 1. The maximum atomic E-state index is 11.9. The molecule has 0 unspecified atom stereocenters. The summed E-state index contributed by atoms with van der Waals surface area (Å²) in [5.74, 6) is -0.506. The predicted octanol–water partition coefficient (Wildman–Crippen LogP) is 5.18. The average Bonchev–Trinajstić information content (AvgIpc) is 2.91. The molecular weight excluding hydrogens is 472 g/mol. The Morgan fingerprint density at radius 2 is 1.46 bits per heavy atom. The highest BCUT2D eigenvalue weighted by Crippen LogP contribution is 2.28. The van der Waals surface area contributed by atoms with Gasteiger partial charge in [0.1, 0.15) is 18.3 Å². The zero-order valence-electron chi connectivity index (χ0n) is 22.1. The normalized spacial score (nSPS) is 23.6. The van der Waals surface area contributed by atoms with Crippen molar-refractivity contribution in [3.63, 3.8) is 0 Å². The van der Waals surface area contributed by atoms with Crippen molar-refractivity contribution in [3.8, 4) is 0 Å². The first kappa shape index (κ1) is 29.3. The van der Waals surface area contributed by atoms with E-state index in [1.165, 1.54) is 32.6 Å². The van der Waals surface area contributed by atoms with Crippen LogP contribution in [0, 0.1) is 0 Å². The molecule has 2 aromatic carbocycles. The number of aliphatic hydroxyl groups is 1. The van der Waals surface area contributed by atoms with Crippen LogP contribution in [0.4, 0.5) is 0 Å². The molecule has 0 bridgehead atoms. The van der Waals surface area contributed by atoms with Crippen LogP contribution >= 0.6 is 0 Å². The summed E-state index contributed by atoms with van der Waals surface area (Å²) >= 11 is 0. The van der Waals surface area contributed by atoms with E-state index in [-0.39, 0.29) is 13.2 Å². The largest absolute Gasteiger partial charge is 0.457 e. The molecule has 1 aliphatic rings. The van der Waals surface area contributed by atoms with E-state index < -0.39 is 36.7 Å². The maximum absolute atomic E-state index is 11.9. The van der Waals surface area contributed by atoms with Gasteiger partial charge >= 0.3 is 5.97 Å². The average molecular weight is 515 g/mol. The fourth-order valence-corrected chi connectivity index (χ4v) is 4.39. The van der Waals surface area contributed by atoms with Crippen LogP contribution in [0.2, 0.25) is 0 Å². The van der Waals surface area contributed by atoms with E-state index in [2.05, 4.69) is 6.92 Å². The molecule has 37 heavy (non-hydrogen) atoms. The standard InChI is InChI=1S/C30H42O7/c1-3-4-5-6-7-14-19-34-30-29(35-21-25-17-12-9-13-18-25)27(32)28(36-23(2)31)26(37-30)22-33-20-24-15-10-8-11-16-24/h8-13,15-18,26-30,32H,3-7,14,19-22H2,1-2H3/t26-,27+,28+,29-,30-/m1/s1. The number of ether oxygens (including phenoxy) is 5. The smallest absolute Gasteiger partial charge is 0.303 e. The summed E-state index contributed by atoms with van der Waals surface area (Å²) in [6.45, 7) is 4.78. The van der Waals surface area contributed by atoms with Gasteiger partial charge in [0.25, 0.3) is 0 Å². The van der Waals surface area contributed by atoms with Crippen molar-refractivity contribution in [2.75, 3.05) is 13.2 Å². The van der Waals surface area contributed by atoms with Crippen LogP contribution < -0.4 is 0 Å². The van der Waals surface area contributed by atoms with Gasteiger partial charge in [-0.3, -0.25) is 4.79 Å². The molecule has 1 N–H and O–H groups in total. The third-order valence-corrected chi connectivity index (χ3v) is 6.38. The second-order valence-corrected chi connectivity index (χ2v) is 9.51. The number of unbranched alkanes of at least 4 members (excludes halogenated alkanes) is 5. The highest BCUT2D eigenvalue weighted by molar-refractivity contribution is 5.66. The van der Waals surface area contributed by atoms with Gasteiger partial charge in [0.05, 0.1) is 19.8 Å². The lowest BCUT2D eigenvalue weighted by molar-refractivity contribution is -0.315. The van der Waals surface area contributed by atoms with Crippen molar-refractivity contribution in [3.05, 3.63) is 71.8 Å². The summed E-state index contributed by atoms with van der Waals surface area (Å²) in [5, 5.41) is 11.3. The first-order valence-electron chi connectivity index (χ1n) is 13.5. The van der Waals surface area contributed by atoms with Crippen molar-refractivity contribution in [1.82, 2.24) is 0 Å². The monoisotopic (exact) mass is 514 g/mol. The molecular formula is C30H42O7. The van der Waals surface area contributed by atoms with Gasteiger partial charge in [-0.25, -0.2) is 0 Å². The number of carbonyl (C=O) groups is 1. The molecule has 0 amide bonds. The summed E-state index contributed by atoms with van der Waals surface area (Å²) in [4.78, 5) is 11.9. The first-order chi connectivity index (χ1) is 18.1. The number of rotatable bonds is 16. The van der Waals surface area contributed by atoms with Gasteiger partial charge in [0, 0.05) is 13.5 Å². The second kappa shape index (κ2) is 16.5. The van der Waals surface area contributed by atoms with Gasteiger partial charge in [-0.1, -0.05) is 99.7 Å². The maximum Gasteiger partial charge on any atom is 0.303 e. The molecule has 0 spiro atoms. The van der Waals surface area contributed by atoms with Gasteiger partial charge in [0.2, 0.25) is 0 Å². The third-order valence-electron chi connectivity index (χ3n) is 6.38. The van der Waals surface area contributed by atoms with E-state index in [1.807, 2.05) is 60.7 Å². The SMILES string of the molecule is CCCCCCCCO[C@@H]1O[C@H](COCc2ccccc2)[C@H](OC(C)=O)[C@H](O)[C@H]1OCc1ccccc1. The summed E-state index contributed by atoms with van der Waals surface area (Å²) in [5.41, 5.74) is 1.98. The molecule has 2 aromatic rings. The van der Waals surface area contributed by atoms with Crippen molar-refractivity contribution in [2.45, 2.75) is 96.3 Å². The van der Waals surface area contributed by atoms with Crippen LogP contribution in [0.1, 0.15) is 63.5 Å². The molecule has 5 atom stereocenters. The van der Waals surface area contributed by atoms with E-state index in [1.54, 1.807) is 0 Å². The summed E-state index contributed by atoms with van der Waals surface area (Å²) in [6, 6.07) is 19.5. The molecule has 7 nitrogen and oxygen atoms in total. The van der Waals surface area contributed by atoms with E-state index in [9.17, 15) is 9.90 Å². The number of carbonyl (C=O) groups excluding carboxylic acids is 1. The van der Waals surface area contributed by atoms with Gasteiger partial charge in [-0.2, -0.15) is 0 Å². The Kier molecular flexibility index (Phi) is 13.1. The van der Waals surface area contributed by atoms with Crippen molar-refractivity contribution in [2.24, 2.45) is 0 Å². The lowest BCUT2D eigenvalue weighted by Gasteiger charge is -2.43. The number of hydrogen-bond donors (Lipinski definition) is 1. The molecule has 204 valence electrons. The third kappa shape index (κ3) is 10.2. The van der Waals surface area contributed by atoms with Crippen molar-refractivity contribution in [1.29, 1.82) is 0 Å². The molecule has 1 fully saturated rings. The van der Waals surface area contributed by atoms with Crippen LogP contribution in [-0.2, 0) is 41.7 Å². The van der Waals surface area contributed by atoms with E-state index in [0.29, 0.717) is 13.2 Å². The zero-order valence-corrected chi connectivity index (χ0v) is 22.1. The second-order valence-electron chi connectivity index (χ2n) is 9.51. The zero-order chi connectivity index (χ0) is 26.3. The molecule has 0 saturated carbocycles. The predicted molar refractivity (Wildman–Crippen MR) is 141 cm³/mol. The summed E-state index contributed by atoms with van der Waals surface area (Å²) in [6.07, 6.45) is 2.41. The molecule has 1 saturated heterocycles. The van der Waals surface area contributed by atoms with Gasteiger partial charge in [0.15, 0.2) is 12.4 Å². The first-order valence-corrected chi connectivity index (χ1v) is 13.5. The van der Waals surface area contributed by atoms with Crippen molar-refractivity contribution < 1.29 is 33.6 Å². The minimum Gasteiger partial charge on any atom is -0.457 e. The van der Waals surface area contributed by atoms with Gasteiger partial charge in [-0.05, 0) is 17.5 Å². The van der Waals surface area contributed by atoms with E-state index in [4.69, 9.17) is 23.7 Å². The fraction of sp³-hybridized carbons (Fsp3) is 0.567. The Labute approximate surface area is 221 Å². The molecule has 1 aliphatic heterocycles. The summed E-state index contributed by atoms with van der Waals surface area (Å²) in [7, 11) is 0. The van der Waals surface area contributed by atoms with E-state index in [0.717, 1.165) is 24.0 Å². The van der Waals surface area contributed by atoms with Crippen molar-refractivity contribution >= 4 is 5.97 Å². The molecule has 7 heteroatoms. The Balaban J connectivity index is 1.65. The molecule has 0 aromatic heterocycles. The number of hydrogen-bond acceptors (Lipinski definition) is 7. The Morgan fingerprint density at radius 1 is 0.838 bits per heavy atom. The minimum atomic E-state index is -1.14. The highest BCUT2D eigenvalue weighted by atomic mass is 16.7. The number of esters is 1. The highest BCUT2D eigenvalue weighted by Gasteiger charge is 2.48. The molecule has 1 heterocycles. The lowest BCUT2D eigenvalue weighted by atomic mass is 9.98. The Bertz CT molecular complexity index is 874. The lowest BCUT2D eigenvalue weighted by Crippen LogP contribution is -2.61. The van der Waals surface area contributed by atoms with E-state index >= 15 is 0 Å². The van der Waals surface area contributed by atoms with Gasteiger partial charge < -0.3 is 28.8 Å². The minimum absolute atomic E-state index is 0.131.